The van der Waals surface area contributed by atoms with E-state index in [1.165, 1.54) is 0 Å². The smallest absolute Gasteiger partial charge is 0.251 e. The van der Waals surface area contributed by atoms with E-state index in [9.17, 15) is 9.59 Å². The third kappa shape index (κ3) is 4.29. The van der Waals surface area contributed by atoms with Gasteiger partial charge in [-0.1, -0.05) is 19.8 Å². The first-order valence-electron chi connectivity index (χ1n) is 10.2. The van der Waals surface area contributed by atoms with Crippen LogP contribution in [0.25, 0.3) is 10.6 Å². The van der Waals surface area contributed by atoms with Gasteiger partial charge in [-0.2, -0.15) is 0 Å². The average Bonchev–Trinajstić information content (AvgIpc) is 3.37. The van der Waals surface area contributed by atoms with Crippen LogP contribution in [0.15, 0.2) is 11.6 Å². The minimum Gasteiger partial charge on any atom is -0.366 e. The van der Waals surface area contributed by atoms with Gasteiger partial charge in [-0.25, -0.2) is 4.98 Å². The fourth-order valence-corrected chi connectivity index (χ4v) is 4.85. The monoisotopic (exact) mass is 402 g/mol. The molecule has 7 heteroatoms. The van der Waals surface area contributed by atoms with E-state index in [-0.39, 0.29) is 5.91 Å². The number of nitrogens with two attached hydrogens (primary N) is 1. The molecule has 2 aromatic heterocycles. The maximum atomic E-state index is 12.3. The summed E-state index contributed by atoms with van der Waals surface area (Å²) in [5, 5.41) is 2.79. The summed E-state index contributed by atoms with van der Waals surface area (Å²) < 4.78 is 2.24. The van der Waals surface area contributed by atoms with E-state index >= 15 is 0 Å². The van der Waals surface area contributed by atoms with Crippen LogP contribution in [0.1, 0.15) is 67.2 Å². The van der Waals surface area contributed by atoms with E-state index in [1.807, 2.05) is 17.2 Å². The molecule has 0 bridgehead atoms. The molecule has 152 valence electrons. The first-order chi connectivity index (χ1) is 13.5. The molecular formula is C21H30N4O2S. The second kappa shape index (κ2) is 9.37. The van der Waals surface area contributed by atoms with E-state index in [4.69, 9.17) is 5.73 Å². The number of aromatic nitrogens is 2. The molecule has 3 heterocycles. The predicted molar refractivity (Wildman–Crippen MR) is 112 cm³/mol. The van der Waals surface area contributed by atoms with Gasteiger partial charge in [-0.15, -0.1) is 11.3 Å². The first-order valence-corrected chi connectivity index (χ1v) is 11.1. The zero-order valence-corrected chi connectivity index (χ0v) is 17.7. The van der Waals surface area contributed by atoms with Gasteiger partial charge in [-0.3, -0.25) is 9.59 Å². The number of hydrogen-bond acceptors (Lipinski definition) is 4. The zero-order chi connectivity index (χ0) is 20.1. The number of carbonyl (C=O) groups excluding carboxylic acids is 2. The highest BCUT2D eigenvalue weighted by Gasteiger charge is 2.26. The van der Waals surface area contributed by atoms with Crippen LogP contribution in [-0.4, -0.2) is 39.4 Å². The van der Waals surface area contributed by atoms with Crippen molar-refractivity contribution in [2.75, 3.05) is 13.1 Å². The fraction of sp³-hybridized carbons (Fsp3) is 0.571. The molecule has 2 aromatic rings. The Morgan fingerprint density at radius 2 is 2.11 bits per heavy atom. The van der Waals surface area contributed by atoms with Crippen molar-refractivity contribution < 1.29 is 9.59 Å². The molecule has 1 saturated heterocycles. The van der Waals surface area contributed by atoms with Crippen molar-refractivity contribution in [3.05, 3.63) is 28.5 Å². The molecule has 3 rings (SSSR count). The highest BCUT2D eigenvalue weighted by Crippen LogP contribution is 2.35. The Morgan fingerprint density at radius 3 is 2.71 bits per heavy atom. The van der Waals surface area contributed by atoms with Crippen LogP contribution in [0.3, 0.4) is 0 Å². The van der Waals surface area contributed by atoms with Gasteiger partial charge < -0.3 is 15.2 Å². The van der Waals surface area contributed by atoms with Gasteiger partial charge in [0.15, 0.2) is 0 Å². The molecule has 0 atom stereocenters. The van der Waals surface area contributed by atoms with Crippen molar-refractivity contribution >= 4 is 23.2 Å². The van der Waals surface area contributed by atoms with Gasteiger partial charge in [0.25, 0.3) is 5.91 Å². The topological polar surface area (TPSA) is 81.2 Å². The number of carbonyl (C=O) groups is 2. The number of likely N-dealkylation sites (tertiary alicyclic amines) is 1. The number of rotatable bonds is 10. The van der Waals surface area contributed by atoms with E-state index in [1.54, 1.807) is 17.5 Å². The van der Waals surface area contributed by atoms with E-state index in [2.05, 4.69) is 16.5 Å². The molecule has 1 aliphatic heterocycles. The number of nitrogens with zero attached hydrogens (tertiary/aromatic N) is 3. The van der Waals surface area contributed by atoms with Crippen LogP contribution in [-0.2, 0) is 17.8 Å². The molecule has 0 spiro atoms. The molecule has 28 heavy (non-hydrogen) atoms. The molecule has 6 nitrogen and oxygen atoms in total. The molecule has 0 aromatic carbocycles. The molecule has 1 fully saturated rings. The summed E-state index contributed by atoms with van der Waals surface area (Å²) >= 11 is 1.54. The lowest BCUT2D eigenvalue weighted by Crippen LogP contribution is -2.26. The SMILES string of the molecule is CCCCCc1c(-c2nccs2)c(C(N)=O)c(C)n1CCCN1CCCC1=O. The first kappa shape index (κ1) is 20.6. The lowest BCUT2D eigenvalue weighted by atomic mass is 10.0. The van der Waals surface area contributed by atoms with Crippen LogP contribution in [0.2, 0.25) is 0 Å². The number of primary amides is 1. The van der Waals surface area contributed by atoms with E-state index in [0.29, 0.717) is 12.0 Å². The van der Waals surface area contributed by atoms with Crippen molar-refractivity contribution in [2.45, 2.75) is 65.3 Å². The second-order valence-corrected chi connectivity index (χ2v) is 8.32. The van der Waals surface area contributed by atoms with Crippen LogP contribution in [0.5, 0.6) is 0 Å². The van der Waals surface area contributed by atoms with Crippen LogP contribution < -0.4 is 5.73 Å². The van der Waals surface area contributed by atoms with E-state index in [0.717, 1.165) is 80.1 Å². The number of amides is 2. The number of hydrogen-bond donors (Lipinski definition) is 1. The van der Waals surface area contributed by atoms with Gasteiger partial charge in [0.1, 0.15) is 5.01 Å². The molecule has 2 amide bonds. The Labute approximate surface area is 170 Å². The third-order valence-electron chi connectivity index (χ3n) is 5.52. The van der Waals surface area contributed by atoms with Crippen molar-refractivity contribution in [1.29, 1.82) is 0 Å². The Kier molecular flexibility index (Phi) is 6.88. The average molecular weight is 403 g/mol. The van der Waals surface area contributed by atoms with Gasteiger partial charge in [0.05, 0.1) is 5.56 Å². The Balaban J connectivity index is 1.91. The molecule has 2 N–H and O–H groups in total. The largest absolute Gasteiger partial charge is 0.366 e. The minimum absolute atomic E-state index is 0.258. The van der Waals surface area contributed by atoms with Crippen LogP contribution in [0, 0.1) is 6.92 Å². The summed E-state index contributed by atoms with van der Waals surface area (Å²) in [4.78, 5) is 30.6. The summed E-state index contributed by atoms with van der Waals surface area (Å²) in [5.41, 5.74) is 9.35. The van der Waals surface area contributed by atoms with Crippen molar-refractivity contribution in [3.63, 3.8) is 0 Å². The summed E-state index contributed by atoms with van der Waals surface area (Å²) in [7, 11) is 0. The highest BCUT2D eigenvalue weighted by molar-refractivity contribution is 7.13. The zero-order valence-electron chi connectivity index (χ0n) is 16.9. The van der Waals surface area contributed by atoms with Gasteiger partial charge in [-0.05, 0) is 32.6 Å². The third-order valence-corrected chi connectivity index (χ3v) is 6.31. The number of thiazole rings is 1. The summed E-state index contributed by atoms with van der Waals surface area (Å²) in [6.45, 7) is 6.57. The quantitative estimate of drug-likeness (QED) is 0.614. The summed E-state index contributed by atoms with van der Waals surface area (Å²) in [5.74, 6) is -0.137. The molecule has 0 radical (unpaired) electrons. The lowest BCUT2D eigenvalue weighted by Gasteiger charge is -2.17. The van der Waals surface area contributed by atoms with Gasteiger partial charge >= 0.3 is 0 Å². The maximum absolute atomic E-state index is 12.3. The van der Waals surface area contributed by atoms with Gasteiger partial charge in [0.2, 0.25) is 5.91 Å². The van der Waals surface area contributed by atoms with Crippen molar-refractivity contribution in [2.24, 2.45) is 5.73 Å². The molecule has 0 unspecified atom stereocenters. The standard InChI is InChI=1S/C21H30N4O2S/c1-3-4-5-8-16-19(21-23-10-14-28-21)18(20(22)27)15(2)25(16)13-7-12-24-11-6-9-17(24)26/h10,14H,3-9,11-13H2,1-2H3,(H2,22,27). The van der Waals surface area contributed by atoms with Crippen LogP contribution in [0.4, 0.5) is 0 Å². The predicted octanol–water partition coefficient (Wildman–Crippen LogP) is 3.76. The Morgan fingerprint density at radius 1 is 1.29 bits per heavy atom. The minimum atomic E-state index is -0.395. The molecule has 0 aliphatic carbocycles. The number of unbranched alkanes of at least 4 members (excludes halogenated alkanes) is 2. The Hall–Kier alpha value is -2.15. The lowest BCUT2D eigenvalue weighted by molar-refractivity contribution is -0.127. The van der Waals surface area contributed by atoms with E-state index < -0.39 is 5.91 Å². The normalized spacial score (nSPS) is 14.2. The van der Waals surface area contributed by atoms with Gasteiger partial charge in [0, 0.05) is 54.6 Å². The van der Waals surface area contributed by atoms with Crippen molar-refractivity contribution in [1.82, 2.24) is 14.5 Å². The Bertz CT molecular complexity index is 826. The molecule has 1 aliphatic rings. The molecular weight excluding hydrogens is 372 g/mol. The maximum Gasteiger partial charge on any atom is 0.251 e. The molecule has 0 saturated carbocycles. The second-order valence-electron chi connectivity index (χ2n) is 7.43. The van der Waals surface area contributed by atoms with Crippen LogP contribution >= 0.6 is 11.3 Å². The highest BCUT2D eigenvalue weighted by atomic mass is 32.1. The fourth-order valence-electron chi connectivity index (χ4n) is 4.14. The van der Waals surface area contributed by atoms with Crippen molar-refractivity contribution in [3.8, 4) is 10.6 Å². The summed E-state index contributed by atoms with van der Waals surface area (Å²) in [6, 6.07) is 0. The summed E-state index contributed by atoms with van der Waals surface area (Å²) in [6.07, 6.45) is 8.54.